The SMILES string of the molecule is CC(C)C[C@H](NC(=O)[C@H](C)NC(=O)[C@@H](N)C(C)C)C(=O)N[C@@H](CCC(=O)O)C(=O)N[C@@H](CCCN=C(N)N)C(=O)N[C@@H](CS)C(=O)N1CCC[C@H]1C(=O)N[C@@H](CS)C(=O)O. The van der Waals surface area contributed by atoms with Gasteiger partial charge in [0.05, 0.1) is 6.04 Å². The first-order valence-corrected chi connectivity index (χ1v) is 20.9. The minimum absolute atomic E-state index is 0.0309. The quantitative estimate of drug-likeness (QED) is 0.0176. The molecule has 0 unspecified atom stereocenters. The predicted molar refractivity (Wildman–Crippen MR) is 226 cm³/mol. The molecule has 0 saturated carbocycles. The lowest BCUT2D eigenvalue weighted by atomic mass is 10.0. The van der Waals surface area contributed by atoms with Crippen LogP contribution in [0.3, 0.4) is 0 Å². The summed E-state index contributed by atoms with van der Waals surface area (Å²) in [5.41, 5.74) is 16.7. The first-order valence-electron chi connectivity index (χ1n) is 19.6. The van der Waals surface area contributed by atoms with Crippen molar-refractivity contribution in [3.8, 4) is 0 Å². The highest BCUT2D eigenvalue weighted by atomic mass is 32.1. The molecule has 0 aromatic heterocycles. The monoisotopic (exact) mass is 889 g/mol. The second-order valence-electron chi connectivity index (χ2n) is 15.2. The molecule has 0 aromatic carbocycles. The third kappa shape index (κ3) is 18.2. The van der Waals surface area contributed by atoms with Crippen LogP contribution < -0.4 is 49.1 Å². The van der Waals surface area contributed by atoms with Crippen LogP contribution in [0.25, 0.3) is 0 Å². The highest BCUT2D eigenvalue weighted by Crippen LogP contribution is 2.20. The van der Waals surface area contributed by atoms with Crippen molar-refractivity contribution in [1.29, 1.82) is 0 Å². The first-order chi connectivity index (χ1) is 28.0. The van der Waals surface area contributed by atoms with Crippen molar-refractivity contribution in [2.45, 2.75) is 128 Å². The maximum atomic E-state index is 13.8. The number of guanidine groups is 1. The number of hydrogen-bond donors (Lipinski definition) is 13. The summed E-state index contributed by atoms with van der Waals surface area (Å²) in [6.07, 6.45) is -0.266. The number of carbonyl (C=O) groups is 9. The third-order valence-electron chi connectivity index (χ3n) is 9.40. The summed E-state index contributed by atoms with van der Waals surface area (Å²) < 4.78 is 0. The average Bonchev–Trinajstić information content (AvgIpc) is 3.67. The van der Waals surface area contributed by atoms with Crippen LogP contribution in [-0.4, -0.2) is 147 Å². The van der Waals surface area contributed by atoms with Crippen LogP contribution >= 0.6 is 25.3 Å². The van der Waals surface area contributed by atoms with Gasteiger partial charge in [-0.15, -0.1) is 0 Å². The molecule has 24 heteroatoms. The van der Waals surface area contributed by atoms with Crippen LogP contribution in [0.2, 0.25) is 0 Å². The molecular weight excluding hydrogens is 827 g/mol. The molecule has 340 valence electrons. The Balaban J connectivity index is 3.33. The largest absolute Gasteiger partial charge is 0.481 e. The summed E-state index contributed by atoms with van der Waals surface area (Å²) in [5, 5.41) is 33.8. The van der Waals surface area contributed by atoms with Gasteiger partial charge in [-0.05, 0) is 57.3 Å². The van der Waals surface area contributed by atoms with E-state index in [0.717, 1.165) is 0 Å². The molecule has 22 nitrogen and oxygen atoms in total. The zero-order valence-electron chi connectivity index (χ0n) is 34.6. The number of amides is 7. The molecule has 0 spiro atoms. The van der Waals surface area contributed by atoms with E-state index in [1.54, 1.807) is 27.7 Å². The predicted octanol–water partition coefficient (Wildman–Crippen LogP) is -3.20. The standard InChI is InChI=1S/C36H63N11O11S2/c1-17(2)14-22(44-28(50)19(5)41-33(55)27(37)18(3)4)31(53)43-21(10-11-26(48)49)30(52)42-20(8-6-12-40-36(38)39)29(51)45-23(15-59)34(56)47-13-7-9-25(47)32(54)46-24(16-60)35(57)58/h17-25,27,59-60H,6-16,37H2,1-5H3,(H,41,55)(H,42,52)(H,43,53)(H,44,50)(H,45,51)(H,46,54)(H,48,49)(H,57,58)(H4,38,39,40)/t19-,20-,21-,22-,23-,24-,25-,27-/m0/s1. The lowest BCUT2D eigenvalue weighted by Crippen LogP contribution is -2.60. The fourth-order valence-corrected chi connectivity index (χ4v) is 6.44. The van der Waals surface area contributed by atoms with Crippen molar-refractivity contribution in [2.75, 3.05) is 24.6 Å². The summed E-state index contributed by atoms with van der Waals surface area (Å²) in [6, 6.07) is -9.82. The Hall–Kier alpha value is -4.84. The van der Waals surface area contributed by atoms with Crippen LogP contribution in [0, 0.1) is 11.8 Å². The van der Waals surface area contributed by atoms with Gasteiger partial charge in [0.25, 0.3) is 0 Å². The highest BCUT2D eigenvalue weighted by molar-refractivity contribution is 7.80. The Kier molecular flexibility index (Phi) is 23.4. The van der Waals surface area contributed by atoms with Gasteiger partial charge in [0.1, 0.15) is 42.3 Å². The van der Waals surface area contributed by atoms with E-state index in [4.69, 9.17) is 17.2 Å². The van der Waals surface area contributed by atoms with Crippen molar-refractivity contribution < 1.29 is 53.4 Å². The summed E-state index contributed by atoms with van der Waals surface area (Å²) in [4.78, 5) is 122. The zero-order valence-corrected chi connectivity index (χ0v) is 36.4. The van der Waals surface area contributed by atoms with E-state index < -0.39 is 114 Å². The molecule has 0 radical (unpaired) electrons. The minimum atomic E-state index is -1.53. The molecule has 0 bridgehead atoms. The van der Waals surface area contributed by atoms with Crippen molar-refractivity contribution in [3.05, 3.63) is 0 Å². The Morgan fingerprint density at radius 1 is 0.717 bits per heavy atom. The van der Waals surface area contributed by atoms with E-state index in [1.165, 1.54) is 11.8 Å². The second kappa shape index (κ2) is 26.4. The lowest BCUT2D eigenvalue weighted by molar-refractivity contribution is -0.144. The maximum Gasteiger partial charge on any atom is 0.327 e. The normalized spacial score (nSPS) is 17.2. The number of rotatable bonds is 26. The average molecular weight is 890 g/mol. The number of carboxylic acids is 2. The van der Waals surface area contributed by atoms with Crippen LogP contribution in [0.5, 0.6) is 0 Å². The number of hydrogen-bond acceptors (Lipinski definition) is 13. The van der Waals surface area contributed by atoms with Gasteiger partial charge in [0.15, 0.2) is 5.96 Å². The molecule has 60 heavy (non-hydrogen) atoms. The molecule has 1 heterocycles. The molecule has 0 aliphatic carbocycles. The highest BCUT2D eigenvalue weighted by Gasteiger charge is 2.39. The first kappa shape index (κ1) is 53.2. The lowest BCUT2D eigenvalue weighted by Gasteiger charge is -2.30. The Morgan fingerprint density at radius 3 is 1.75 bits per heavy atom. The number of nitrogens with one attached hydrogen (secondary N) is 6. The molecule has 8 atom stereocenters. The number of aliphatic imine (C=N–C) groups is 1. The van der Waals surface area contributed by atoms with E-state index in [2.05, 4.69) is 62.2 Å². The summed E-state index contributed by atoms with van der Waals surface area (Å²) in [6.45, 7) is 8.58. The minimum Gasteiger partial charge on any atom is -0.481 e. The van der Waals surface area contributed by atoms with Gasteiger partial charge in [-0.1, -0.05) is 27.7 Å². The molecule has 1 rings (SSSR count). The zero-order chi connectivity index (χ0) is 45.9. The van der Waals surface area contributed by atoms with Crippen molar-refractivity contribution in [3.63, 3.8) is 0 Å². The Morgan fingerprint density at radius 2 is 1.25 bits per heavy atom. The van der Waals surface area contributed by atoms with Gasteiger partial charge in [-0.2, -0.15) is 25.3 Å². The summed E-state index contributed by atoms with van der Waals surface area (Å²) in [5.74, 6) is -9.04. The fraction of sp³-hybridized carbons (Fsp3) is 0.722. The molecule has 7 amide bonds. The van der Waals surface area contributed by atoms with Crippen molar-refractivity contribution in [2.24, 2.45) is 34.0 Å². The van der Waals surface area contributed by atoms with Crippen molar-refractivity contribution >= 4 is 84.5 Å². The number of nitrogens with two attached hydrogens (primary N) is 3. The van der Waals surface area contributed by atoms with Gasteiger partial charge in [0, 0.05) is 31.0 Å². The third-order valence-corrected chi connectivity index (χ3v) is 10.1. The molecule has 1 saturated heterocycles. The topological polar surface area (TPSA) is 360 Å². The van der Waals surface area contributed by atoms with Crippen LogP contribution in [0.15, 0.2) is 4.99 Å². The second-order valence-corrected chi connectivity index (χ2v) is 15.9. The fourth-order valence-electron chi connectivity index (χ4n) is 5.95. The molecule has 1 aliphatic rings. The van der Waals surface area contributed by atoms with Gasteiger partial charge >= 0.3 is 11.9 Å². The van der Waals surface area contributed by atoms with E-state index in [9.17, 15) is 53.4 Å². The molecule has 1 aliphatic heterocycles. The number of carbonyl (C=O) groups excluding carboxylic acids is 7. The number of nitrogens with zero attached hydrogens (tertiary/aromatic N) is 2. The van der Waals surface area contributed by atoms with E-state index in [-0.39, 0.29) is 68.1 Å². The van der Waals surface area contributed by atoms with Crippen LogP contribution in [0.1, 0.15) is 79.6 Å². The van der Waals surface area contributed by atoms with Crippen molar-refractivity contribution in [1.82, 2.24) is 36.8 Å². The van der Waals surface area contributed by atoms with E-state index in [1.807, 2.05) is 0 Å². The maximum absolute atomic E-state index is 13.8. The molecular formula is C36H63N11O11S2. The summed E-state index contributed by atoms with van der Waals surface area (Å²) >= 11 is 8.18. The number of likely N-dealkylation sites (tertiary alicyclic amines) is 1. The van der Waals surface area contributed by atoms with Gasteiger partial charge < -0.3 is 64.2 Å². The molecule has 0 aromatic rings. The van der Waals surface area contributed by atoms with Crippen LogP contribution in [0.4, 0.5) is 0 Å². The number of aliphatic carboxylic acids is 2. The van der Waals surface area contributed by atoms with Gasteiger partial charge in [-0.25, -0.2) is 4.79 Å². The van der Waals surface area contributed by atoms with Gasteiger partial charge in [-0.3, -0.25) is 43.3 Å². The van der Waals surface area contributed by atoms with Gasteiger partial charge in [0.2, 0.25) is 41.4 Å². The number of thiol groups is 2. The smallest absolute Gasteiger partial charge is 0.327 e. The summed E-state index contributed by atoms with van der Waals surface area (Å²) in [7, 11) is 0. The van der Waals surface area contributed by atoms with E-state index >= 15 is 0 Å². The Bertz CT molecular complexity index is 1570. The Labute approximate surface area is 360 Å². The van der Waals surface area contributed by atoms with E-state index in [0.29, 0.717) is 6.42 Å². The van der Waals surface area contributed by atoms with Crippen LogP contribution in [-0.2, 0) is 43.2 Å². The molecule has 14 N–H and O–H groups in total. The molecule has 1 fully saturated rings. The number of carboxylic acid groups (broad SMARTS) is 2.